The number of nitrogens with zero attached hydrogens (tertiary/aromatic N) is 3. The van der Waals surface area contributed by atoms with Gasteiger partial charge in [0, 0.05) is 18.3 Å². The average Bonchev–Trinajstić information content (AvgIpc) is 2.99. The van der Waals surface area contributed by atoms with E-state index in [9.17, 15) is 9.59 Å². The first-order chi connectivity index (χ1) is 10.9. The van der Waals surface area contributed by atoms with Crippen LogP contribution in [0.15, 0.2) is 9.32 Å². The van der Waals surface area contributed by atoms with Gasteiger partial charge in [-0.05, 0) is 26.7 Å². The van der Waals surface area contributed by atoms with Crippen LogP contribution in [-0.2, 0) is 7.05 Å². The molecule has 0 aliphatic heterocycles. The van der Waals surface area contributed by atoms with E-state index in [1.165, 1.54) is 6.42 Å². The first-order valence-corrected chi connectivity index (χ1v) is 7.98. The minimum absolute atomic E-state index is 0.0758. The van der Waals surface area contributed by atoms with Gasteiger partial charge in [-0.25, -0.2) is 4.68 Å². The van der Waals surface area contributed by atoms with Crippen LogP contribution in [0.4, 0.5) is 0 Å². The third kappa shape index (κ3) is 2.40. The fourth-order valence-electron chi connectivity index (χ4n) is 3.53. The summed E-state index contributed by atoms with van der Waals surface area (Å²) in [5.41, 5.74) is 7.05. The maximum Gasteiger partial charge on any atom is 0.278 e. The molecule has 0 unspecified atom stereocenters. The van der Waals surface area contributed by atoms with Gasteiger partial charge in [-0.1, -0.05) is 24.4 Å². The topological polar surface area (TPSA) is 96.1 Å². The van der Waals surface area contributed by atoms with E-state index < -0.39 is 5.91 Å². The summed E-state index contributed by atoms with van der Waals surface area (Å²) in [6.45, 7) is 3.57. The maximum atomic E-state index is 13.0. The molecule has 1 amide bonds. The van der Waals surface area contributed by atoms with Crippen LogP contribution in [0.2, 0.25) is 0 Å². The highest BCUT2D eigenvalue weighted by Crippen LogP contribution is 2.31. The number of aromatic nitrogens is 3. The van der Waals surface area contributed by atoms with Gasteiger partial charge in [0.1, 0.15) is 5.56 Å². The Bertz CT molecular complexity index is 806. The van der Waals surface area contributed by atoms with E-state index in [1.807, 2.05) is 23.3 Å². The van der Waals surface area contributed by atoms with Crippen LogP contribution < -0.4 is 11.3 Å². The normalized spacial score (nSPS) is 16.0. The second-order valence-electron chi connectivity index (χ2n) is 6.28. The molecule has 0 bridgehead atoms. The van der Waals surface area contributed by atoms with Crippen molar-refractivity contribution >= 4 is 5.91 Å². The van der Waals surface area contributed by atoms with Gasteiger partial charge in [0.05, 0.1) is 6.04 Å². The van der Waals surface area contributed by atoms with Crippen molar-refractivity contribution in [3.05, 3.63) is 27.3 Å². The Balaban J connectivity index is 2.14. The molecule has 0 aromatic carbocycles. The highest BCUT2D eigenvalue weighted by molar-refractivity contribution is 5.93. The molecule has 1 fully saturated rings. The minimum atomic E-state index is -0.654. The fourth-order valence-corrected chi connectivity index (χ4v) is 3.53. The van der Waals surface area contributed by atoms with E-state index in [-0.39, 0.29) is 17.3 Å². The van der Waals surface area contributed by atoms with Crippen molar-refractivity contribution in [3.8, 4) is 11.3 Å². The van der Waals surface area contributed by atoms with Crippen molar-refractivity contribution in [2.24, 2.45) is 12.8 Å². The lowest BCUT2D eigenvalue weighted by molar-refractivity contribution is 0.0991. The van der Waals surface area contributed by atoms with E-state index in [0.717, 1.165) is 31.4 Å². The van der Waals surface area contributed by atoms with Crippen LogP contribution in [-0.4, -0.2) is 20.4 Å². The molecule has 0 atom stereocenters. The summed E-state index contributed by atoms with van der Waals surface area (Å²) in [4.78, 5) is 24.3. The van der Waals surface area contributed by atoms with Crippen molar-refractivity contribution in [2.75, 3.05) is 0 Å². The molecule has 3 rings (SSSR count). The Morgan fingerprint density at radius 1 is 1.26 bits per heavy atom. The van der Waals surface area contributed by atoms with Crippen LogP contribution in [0, 0.1) is 13.8 Å². The Morgan fingerprint density at radius 2 is 1.91 bits per heavy atom. The largest absolute Gasteiger partial charge is 0.364 e. The number of hydrogen-bond acceptors (Lipinski definition) is 4. The number of nitrogens with two attached hydrogens (primary N) is 1. The molecule has 0 spiro atoms. The Hall–Kier alpha value is -2.31. The van der Waals surface area contributed by atoms with Crippen LogP contribution >= 0.6 is 0 Å². The van der Waals surface area contributed by atoms with E-state index in [1.54, 1.807) is 6.92 Å². The first kappa shape index (κ1) is 15.6. The van der Waals surface area contributed by atoms with E-state index >= 15 is 0 Å². The van der Waals surface area contributed by atoms with Gasteiger partial charge < -0.3 is 10.3 Å². The number of rotatable bonds is 3. The number of hydrogen-bond donors (Lipinski definition) is 1. The molecule has 124 valence electrons. The number of carbonyl (C=O) groups excluding carboxylic acids is 1. The van der Waals surface area contributed by atoms with Gasteiger partial charge in [-0.2, -0.15) is 0 Å². The summed E-state index contributed by atoms with van der Waals surface area (Å²) in [7, 11) is 1.88. The smallest absolute Gasteiger partial charge is 0.278 e. The monoisotopic (exact) mass is 318 g/mol. The van der Waals surface area contributed by atoms with Crippen LogP contribution in [0.1, 0.15) is 59.9 Å². The molecule has 1 saturated carbocycles. The summed E-state index contributed by atoms with van der Waals surface area (Å²) in [6, 6.07) is 0.215. The second-order valence-corrected chi connectivity index (χ2v) is 6.28. The van der Waals surface area contributed by atoms with Crippen molar-refractivity contribution < 1.29 is 9.32 Å². The standard InChI is InChI=1S/C16H22N4O3/c1-9-13(15(17)21)18-23-14(9)12-10(2)19(3)20(16(12)22)11-7-5-4-6-8-11/h11H,4-8H2,1-3H3,(H2,17,21). The zero-order chi connectivity index (χ0) is 16.7. The van der Waals surface area contributed by atoms with Gasteiger partial charge in [0.25, 0.3) is 11.5 Å². The van der Waals surface area contributed by atoms with Crippen LogP contribution in [0.3, 0.4) is 0 Å². The summed E-state index contributed by atoms with van der Waals surface area (Å²) in [5.74, 6) is -0.315. The molecule has 2 heterocycles. The average molecular weight is 318 g/mol. The van der Waals surface area contributed by atoms with Gasteiger partial charge in [-0.3, -0.25) is 14.3 Å². The van der Waals surface area contributed by atoms with Crippen LogP contribution in [0.25, 0.3) is 11.3 Å². The van der Waals surface area contributed by atoms with Gasteiger partial charge in [-0.15, -0.1) is 0 Å². The molecule has 2 N–H and O–H groups in total. The lowest BCUT2D eigenvalue weighted by Gasteiger charge is -2.24. The molecule has 1 aliphatic carbocycles. The highest BCUT2D eigenvalue weighted by Gasteiger charge is 2.28. The lowest BCUT2D eigenvalue weighted by Crippen LogP contribution is -2.28. The third-order valence-corrected chi connectivity index (χ3v) is 4.90. The highest BCUT2D eigenvalue weighted by atomic mass is 16.5. The van der Waals surface area contributed by atoms with E-state index in [4.69, 9.17) is 10.3 Å². The number of carbonyl (C=O) groups is 1. The molecule has 7 heteroatoms. The molecule has 7 nitrogen and oxygen atoms in total. The maximum absolute atomic E-state index is 13.0. The van der Waals surface area contributed by atoms with Gasteiger partial charge >= 0.3 is 0 Å². The minimum Gasteiger partial charge on any atom is -0.364 e. The predicted octanol–water partition coefficient (Wildman–Crippen LogP) is 2.06. The molecule has 2 aromatic rings. The Kier molecular flexibility index (Phi) is 3.87. The quantitative estimate of drug-likeness (QED) is 0.937. The molecule has 0 radical (unpaired) electrons. The van der Waals surface area contributed by atoms with Crippen molar-refractivity contribution in [1.82, 2.24) is 14.5 Å². The lowest BCUT2D eigenvalue weighted by atomic mass is 9.96. The summed E-state index contributed by atoms with van der Waals surface area (Å²) < 4.78 is 8.99. The second kappa shape index (κ2) is 5.72. The van der Waals surface area contributed by atoms with Crippen molar-refractivity contribution in [2.45, 2.75) is 52.0 Å². The molecule has 0 saturated heterocycles. The fraction of sp³-hybridized carbons (Fsp3) is 0.562. The predicted molar refractivity (Wildman–Crippen MR) is 85.3 cm³/mol. The zero-order valence-corrected chi connectivity index (χ0v) is 13.8. The van der Waals surface area contributed by atoms with E-state index in [0.29, 0.717) is 16.9 Å². The third-order valence-electron chi connectivity index (χ3n) is 4.90. The first-order valence-electron chi connectivity index (χ1n) is 7.98. The molecular formula is C16H22N4O3. The number of amides is 1. The van der Waals surface area contributed by atoms with Crippen molar-refractivity contribution in [3.63, 3.8) is 0 Å². The molecule has 2 aromatic heterocycles. The summed E-state index contributed by atoms with van der Waals surface area (Å²) in [5, 5.41) is 3.72. The zero-order valence-electron chi connectivity index (χ0n) is 13.8. The Labute approximate surface area is 134 Å². The number of primary amides is 1. The van der Waals surface area contributed by atoms with Gasteiger partial charge in [0.2, 0.25) is 0 Å². The molecule has 23 heavy (non-hydrogen) atoms. The summed E-state index contributed by atoms with van der Waals surface area (Å²) >= 11 is 0. The molecular weight excluding hydrogens is 296 g/mol. The van der Waals surface area contributed by atoms with Gasteiger partial charge in [0.15, 0.2) is 11.5 Å². The molecule has 1 aliphatic rings. The Morgan fingerprint density at radius 3 is 2.48 bits per heavy atom. The van der Waals surface area contributed by atoms with Crippen LogP contribution in [0.5, 0.6) is 0 Å². The van der Waals surface area contributed by atoms with E-state index in [2.05, 4.69) is 5.16 Å². The summed E-state index contributed by atoms with van der Waals surface area (Å²) in [6.07, 6.45) is 5.54. The van der Waals surface area contributed by atoms with Crippen molar-refractivity contribution in [1.29, 1.82) is 0 Å². The SMILES string of the molecule is Cc1c(C(N)=O)noc1-c1c(C)n(C)n(C2CCCCC2)c1=O.